The Labute approximate surface area is 354 Å². The van der Waals surface area contributed by atoms with Crippen LogP contribution in [0.2, 0.25) is 0 Å². The first kappa shape index (κ1) is 37.2. The van der Waals surface area contributed by atoms with E-state index >= 15 is 0 Å². The molecule has 0 N–H and O–H groups in total. The molecule has 2 aliphatic rings. The van der Waals surface area contributed by atoms with Gasteiger partial charge >= 0.3 is 0 Å². The monoisotopic (exact) mass is 780 g/mol. The molecule has 2 nitrogen and oxygen atoms in total. The molecule has 0 aromatic heterocycles. The van der Waals surface area contributed by atoms with Gasteiger partial charge in [0.1, 0.15) is 12.2 Å². The molecule has 296 valence electrons. The lowest BCUT2D eigenvalue weighted by Gasteiger charge is -2.22. The van der Waals surface area contributed by atoms with Gasteiger partial charge in [-0.25, -0.2) is 0 Å². The van der Waals surface area contributed by atoms with Gasteiger partial charge in [0.15, 0.2) is 0 Å². The minimum Gasteiger partial charge on any atom is -0.365 e. The van der Waals surface area contributed by atoms with Crippen molar-refractivity contribution in [3.8, 4) is 44.5 Å². The van der Waals surface area contributed by atoms with Gasteiger partial charge in [0.05, 0.1) is 12.2 Å². The summed E-state index contributed by atoms with van der Waals surface area (Å²) in [5.74, 6) is 0. The van der Waals surface area contributed by atoms with Crippen LogP contribution in [0.1, 0.15) is 81.7 Å². The Morgan fingerprint density at radius 2 is 0.583 bits per heavy atom. The molecular weight excluding hydrogens is 729 g/mol. The van der Waals surface area contributed by atoms with Crippen molar-refractivity contribution >= 4 is 43.1 Å². The average Bonchev–Trinajstić information content (AvgIpc) is 4.12. The number of aryl methyl sites for hydroxylation is 8. The molecule has 4 atom stereocenters. The third-order valence-corrected chi connectivity index (χ3v) is 14.0. The molecule has 0 bridgehead atoms. The second-order valence-electron chi connectivity index (χ2n) is 18.4. The molecule has 0 saturated carbocycles. The summed E-state index contributed by atoms with van der Waals surface area (Å²) < 4.78 is 11.9. The van der Waals surface area contributed by atoms with E-state index in [0.717, 1.165) is 0 Å². The summed E-state index contributed by atoms with van der Waals surface area (Å²) in [4.78, 5) is 0. The van der Waals surface area contributed by atoms with E-state index in [9.17, 15) is 0 Å². The molecule has 0 amide bonds. The second kappa shape index (κ2) is 13.4. The molecule has 0 aliphatic carbocycles. The SMILES string of the molecule is Cc1cccc(C)c1-c1cc2cc(-c3c(C)cc(C4OC4C)cc3C)cc3c4cc(-c5c(C)cccc5C)cc5cc(-c6c(C)cc(C7OC7C)cc6C)cc(c(c1)c23)c54. The van der Waals surface area contributed by atoms with Crippen LogP contribution in [0.3, 0.4) is 0 Å². The van der Waals surface area contributed by atoms with Crippen LogP contribution in [-0.4, -0.2) is 12.2 Å². The van der Waals surface area contributed by atoms with Gasteiger partial charge < -0.3 is 9.47 Å². The maximum atomic E-state index is 5.94. The van der Waals surface area contributed by atoms with E-state index in [1.807, 2.05) is 0 Å². The highest BCUT2D eigenvalue weighted by molar-refractivity contribution is 6.35. The molecule has 9 aromatic rings. The van der Waals surface area contributed by atoms with E-state index in [2.05, 4.69) is 178 Å². The molecule has 2 aliphatic heterocycles. The number of ether oxygens (including phenoxy) is 2. The highest BCUT2D eigenvalue weighted by Gasteiger charge is 2.37. The lowest BCUT2D eigenvalue weighted by Crippen LogP contribution is -1.97. The Balaban J connectivity index is 1.29. The quantitative estimate of drug-likeness (QED) is 0.0954. The molecule has 2 saturated heterocycles. The minimum atomic E-state index is 0.195. The number of rotatable bonds is 6. The summed E-state index contributed by atoms with van der Waals surface area (Å²) in [6.07, 6.45) is 0.949. The van der Waals surface area contributed by atoms with E-state index in [-0.39, 0.29) is 24.4 Å². The standard InChI is InChI=1S/C58H52O2/c1-29-13-11-14-30(2)51(29)41-21-39-23-43(53-33(5)17-45(18-34(53)6)57-37(9)59-57)28-50-48-26-42(52-31(3)15-12-16-32(52)4)22-40-24-44(27-49(56(40)48)47(25-41)55(39)50)54-35(7)19-46(20-36(54)8)58-38(10)60-58/h11-28,37-38,57-58H,1-10H3. The summed E-state index contributed by atoms with van der Waals surface area (Å²) in [6.45, 7) is 22.5. The van der Waals surface area contributed by atoms with Crippen LogP contribution >= 0.6 is 0 Å². The molecule has 2 heterocycles. The van der Waals surface area contributed by atoms with Gasteiger partial charge in [0.25, 0.3) is 0 Å². The zero-order valence-electron chi connectivity index (χ0n) is 36.5. The Kier molecular flexibility index (Phi) is 8.28. The van der Waals surface area contributed by atoms with E-state index in [1.165, 1.54) is 143 Å². The maximum Gasteiger partial charge on any atom is 0.109 e. The fourth-order valence-electron chi connectivity index (χ4n) is 11.3. The van der Waals surface area contributed by atoms with Crippen LogP contribution in [0.5, 0.6) is 0 Å². The molecule has 11 rings (SSSR count). The maximum absolute atomic E-state index is 5.94. The van der Waals surface area contributed by atoms with Gasteiger partial charge in [-0.1, -0.05) is 60.7 Å². The van der Waals surface area contributed by atoms with E-state index < -0.39 is 0 Å². The van der Waals surface area contributed by atoms with E-state index in [1.54, 1.807) is 0 Å². The predicted octanol–water partition coefficient (Wildman–Crippen LogP) is 15.8. The first-order valence-corrected chi connectivity index (χ1v) is 21.8. The van der Waals surface area contributed by atoms with Crippen LogP contribution in [-0.2, 0) is 9.47 Å². The lowest BCUT2D eigenvalue weighted by molar-refractivity contribution is 0.383. The molecule has 9 aromatic carbocycles. The van der Waals surface area contributed by atoms with Crippen molar-refractivity contribution in [2.45, 2.75) is 93.7 Å². The number of hydrogen-bond acceptors (Lipinski definition) is 2. The van der Waals surface area contributed by atoms with Crippen molar-refractivity contribution in [3.05, 3.63) is 165 Å². The fraction of sp³-hybridized carbons (Fsp3) is 0.241. The summed E-state index contributed by atoms with van der Waals surface area (Å²) in [5, 5.41) is 10.4. The molecule has 0 radical (unpaired) electrons. The minimum absolute atomic E-state index is 0.195. The van der Waals surface area contributed by atoms with Gasteiger partial charge in [0, 0.05) is 0 Å². The zero-order chi connectivity index (χ0) is 41.5. The van der Waals surface area contributed by atoms with Gasteiger partial charge in [-0.15, -0.1) is 0 Å². The third-order valence-electron chi connectivity index (χ3n) is 14.0. The Morgan fingerprint density at radius 1 is 0.333 bits per heavy atom. The van der Waals surface area contributed by atoms with Crippen LogP contribution in [0.15, 0.2) is 109 Å². The van der Waals surface area contributed by atoms with Gasteiger partial charge in [0.2, 0.25) is 0 Å². The van der Waals surface area contributed by atoms with Gasteiger partial charge in [-0.05, 0) is 261 Å². The van der Waals surface area contributed by atoms with Crippen molar-refractivity contribution in [2.75, 3.05) is 0 Å². The normalized spacial score (nSPS) is 18.7. The Bertz CT molecular complexity index is 2980. The molecular formula is C58H52O2. The summed E-state index contributed by atoms with van der Waals surface area (Å²) >= 11 is 0. The van der Waals surface area contributed by atoms with Crippen LogP contribution < -0.4 is 0 Å². The average molecular weight is 781 g/mol. The van der Waals surface area contributed by atoms with Crippen molar-refractivity contribution in [3.63, 3.8) is 0 Å². The number of hydrogen-bond donors (Lipinski definition) is 0. The van der Waals surface area contributed by atoms with Gasteiger partial charge in [-0.2, -0.15) is 0 Å². The molecule has 4 unspecified atom stereocenters. The molecule has 2 heteroatoms. The van der Waals surface area contributed by atoms with Gasteiger partial charge in [-0.3, -0.25) is 0 Å². The summed E-state index contributed by atoms with van der Waals surface area (Å²) in [5.41, 5.74) is 23.2. The second-order valence-corrected chi connectivity index (χ2v) is 18.4. The van der Waals surface area contributed by atoms with Crippen LogP contribution in [0.25, 0.3) is 87.6 Å². The fourth-order valence-corrected chi connectivity index (χ4v) is 11.3. The van der Waals surface area contributed by atoms with Crippen molar-refractivity contribution in [1.82, 2.24) is 0 Å². The summed E-state index contributed by atoms with van der Waals surface area (Å²) in [6, 6.07) is 42.7. The first-order valence-electron chi connectivity index (χ1n) is 21.8. The predicted molar refractivity (Wildman–Crippen MR) is 254 cm³/mol. The van der Waals surface area contributed by atoms with E-state index in [0.29, 0.717) is 0 Å². The van der Waals surface area contributed by atoms with Crippen molar-refractivity contribution in [2.24, 2.45) is 0 Å². The first-order chi connectivity index (χ1) is 28.8. The molecule has 60 heavy (non-hydrogen) atoms. The van der Waals surface area contributed by atoms with E-state index in [4.69, 9.17) is 9.47 Å². The molecule has 2 fully saturated rings. The lowest BCUT2D eigenvalue weighted by atomic mass is 9.81. The smallest absolute Gasteiger partial charge is 0.109 e. The zero-order valence-corrected chi connectivity index (χ0v) is 36.5. The Morgan fingerprint density at radius 3 is 0.833 bits per heavy atom. The topological polar surface area (TPSA) is 25.1 Å². The third kappa shape index (κ3) is 5.75. The van der Waals surface area contributed by atoms with Crippen molar-refractivity contribution < 1.29 is 9.47 Å². The Hall–Kier alpha value is -5.80. The van der Waals surface area contributed by atoms with Crippen LogP contribution in [0.4, 0.5) is 0 Å². The van der Waals surface area contributed by atoms with Crippen molar-refractivity contribution in [1.29, 1.82) is 0 Å². The summed E-state index contributed by atoms with van der Waals surface area (Å²) in [7, 11) is 0. The highest BCUT2D eigenvalue weighted by atomic mass is 16.6. The highest BCUT2D eigenvalue weighted by Crippen LogP contribution is 2.50. The largest absolute Gasteiger partial charge is 0.365 e. The van der Waals surface area contributed by atoms with Crippen LogP contribution in [0, 0.1) is 55.4 Å². The number of epoxide rings is 2. The molecule has 0 spiro atoms. The number of benzene rings is 9. The number of fused-ring (bicyclic) bond motifs is 2.